The zero-order valence-corrected chi connectivity index (χ0v) is 10.8. The monoisotopic (exact) mass is 208 g/mol. The molecule has 0 saturated heterocycles. The zero-order chi connectivity index (χ0) is 11.6. The number of carbonyl (C=O) groups excluding carboxylic acids is 1. The van der Waals surface area contributed by atoms with E-state index < -0.39 is 0 Å². The van der Waals surface area contributed by atoms with Crippen LogP contribution in [0.2, 0.25) is 0 Å². The van der Waals surface area contributed by atoms with Gasteiger partial charge >= 0.3 is 0 Å². The van der Waals surface area contributed by atoms with Crippen molar-refractivity contribution < 1.29 is 4.79 Å². The van der Waals surface area contributed by atoms with Crippen LogP contribution in [-0.4, -0.2) is 5.78 Å². The lowest BCUT2D eigenvalue weighted by molar-refractivity contribution is -0.115. The van der Waals surface area contributed by atoms with Crippen LogP contribution in [0.4, 0.5) is 0 Å². The Hall–Kier alpha value is -0.590. The summed E-state index contributed by atoms with van der Waals surface area (Å²) in [5, 5.41) is 0. The highest BCUT2D eigenvalue weighted by Gasteiger charge is 2.47. The molecule has 0 aromatic carbocycles. The maximum absolute atomic E-state index is 11.9. The van der Waals surface area contributed by atoms with Gasteiger partial charge in [0.2, 0.25) is 0 Å². The van der Waals surface area contributed by atoms with Gasteiger partial charge in [-0.25, -0.2) is 0 Å². The molecular formula is C14H24O. The first-order chi connectivity index (χ1) is 7.01. The van der Waals surface area contributed by atoms with E-state index in [-0.39, 0.29) is 5.41 Å². The predicted octanol–water partition coefficient (Wildman–Crippen LogP) is 3.98. The van der Waals surface area contributed by atoms with Gasteiger partial charge in [0, 0.05) is 6.42 Å². The fourth-order valence-corrected chi connectivity index (χ4v) is 3.11. The van der Waals surface area contributed by atoms with Gasteiger partial charge in [0.25, 0.3) is 0 Å². The van der Waals surface area contributed by atoms with E-state index in [2.05, 4.69) is 27.7 Å². The minimum atomic E-state index is 0.126. The number of hydrogen-bond donors (Lipinski definition) is 0. The van der Waals surface area contributed by atoms with Gasteiger partial charge in [-0.2, -0.15) is 0 Å². The molecule has 1 aliphatic rings. The third kappa shape index (κ3) is 1.89. The molecule has 86 valence electrons. The number of hydrogen-bond acceptors (Lipinski definition) is 1. The van der Waals surface area contributed by atoms with Crippen LogP contribution < -0.4 is 0 Å². The number of ketones is 1. The Morgan fingerprint density at radius 1 is 1.53 bits per heavy atom. The lowest BCUT2D eigenvalue weighted by atomic mass is 9.69. The molecule has 0 radical (unpaired) electrons. The third-order valence-electron chi connectivity index (χ3n) is 4.49. The van der Waals surface area contributed by atoms with Crippen molar-refractivity contribution >= 4 is 5.78 Å². The molecule has 15 heavy (non-hydrogen) atoms. The molecule has 0 bridgehead atoms. The van der Waals surface area contributed by atoms with Crippen LogP contribution in [0.3, 0.4) is 0 Å². The summed E-state index contributed by atoms with van der Waals surface area (Å²) in [6.07, 6.45) is 5.05. The zero-order valence-electron chi connectivity index (χ0n) is 10.8. The maximum atomic E-state index is 11.9. The first-order valence-electron chi connectivity index (χ1n) is 6.21. The van der Waals surface area contributed by atoms with Crippen molar-refractivity contribution in [1.29, 1.82) is 0 Å². The van der Waals surface area contributed by atoms with Crippen molar-refractivity contribution in [3.05, 3.63) is 11.6 Å². The van der Waals surface area contributed by atoms with Gasteiger partial charge in [-0.3, -0.25) is 4.79 Å². The van der Waals surface area contributed by atoms with E-state index in [0.29, 0.717) is 17.6 Å². The van der Waals surface area contributed by atoms with E-state index in [1.165, 1.54) is 6.42 Å². The van der Waals surface area contributed by atoms with E-state index in [4.69, 9.17) is 0 Å². The summed E-state index contributed by atoms with van der Waals surface area (Å²) in [5.41, 5.74) is 1.21. The van der Waals surface area contributed by atoms with Crippen molar-refractivity contribution in [3.8, 4) is 0 Å². The molecule has 0 spiro atoms. The molecule has 3 atom stereocenters. The van der Waals surface area contributed by atoms with Crippen LogP contribution in [0.5, 0.6) is 0 Å². The molecule has 1 nitrogen and oxygen atoms in total. The van der Waals surface area contributed by atoms with E-state index in [1.807, 2.05) is 13.0 Å². The Labute approximate surface area is 93.9 Å². The van der Waals surface area contributed by atoms with Gasteiger partial charge in [-0.15, -0.1) is 0 Å². The molecule has 0 amide bonds. The lowest BCUT2D eigenvalue weighted by Crippen LogP contribution is -2.27. The first-order valence-corrected chi connectivity index (χ1v) is 6.21. The van der Waals surface area contributed by atoms with Crippen LogP contribution in [0.15, 0.2) is 11.6 Å². The Morgan fingerprint density at radius 3 is 2.53 bits per heavy atom. The molecule has 0 aromatic rings. The number of carbonyl (C=O) groups is 1. The summed E-state index contributed by atoms with van der Waals surface area (Å²) >= 11 is 0. The molecule has 0 heterocycles. The highest BCUT2D eigenvalue weighted by Crippen LogP contribution is 2.51. The number of rotatable bonds is 3. The molecule has 0 aliphatic heterocycles. The minimum Gasteiger partial charge on any atom is -0.295 e. The second-order valence-electron chi connectivity index (χ2n) is 5.09. The second-order valence-corrected chi connectivity index (χ2v) is 5.09. The highest BCUT2D eigenvalue weighted by molar-refractivity contribution is 5.99. The van der Waals surface area contributed by atoms with E-state index in [0.717, 1.165) is 18.4 Å². The van der Waals surface area contributed by atoms with Crippen molar-refractivity contribution in [2.24, 2.45) is 17.3 Å². The van der Waals surface area contributed by atoms with Gasteiger partial charge in [-0.05, 0) is 36.2 Å². The quantitative estimate of drug-likeness (QED) is 0.641. The predicted molar refractivity (Wildman–Crippen MR) is 64.7 cm³/mol. The molecule has 1 heteroatoms. The summed E-state index contributed by atoms with van der Waals surface area (Å²) < 4.78 is 0. The largest absolute Gasteiger partial charge is 0.295 e. The van der Waals surface area contributed by atoms with Crippen LogP contribution in [-0.2, 0) is 4.79 Å². The molecule has 0 N–H and O–H groups in total. The Bertz CT molecular complexity index is 277. The molecule has 1 rings (SSSR count). The third-order valence-corrected chi connectivity index (χ3v) is 4.49. The van der Waals surface area contributed by atoms with E-state index in [9.17, 15) is 4.79 Å². The highest BCUT2D eigenvalue weighted by atomic mass is 16.1. The van der Waals surface area contributed by atoms with Crippen LogP contribution in [0.25, 0.3) is 0 Å². The lowest BCUT2D eigenvalue weighted by Gasteiger charge is -2.34. The Morgan fingerprint density at radius 2 is 2.13 bits per heavy atom. The number of allylic oxidation sites excluding steroid dienone is 2. The van der Waals surface area contributed by atoms with E-state index in [1.54, 1.807) is 0 Å². The fraction of sp³-hybridized carbons (Fsp3) is 0.786. The average molecular weight is 208 g/mol. The average Bonchev–Trinajstić information content (AvgIpc) is 2.50. The van der Waals surface area contributed by atoms with Gasteiger partial charge in [0.1, 0.15) is 0 Å². The van der Waals surface area contributed by atoms with Crippen LogP contribution >= 0.6 is 0 Å². The molecule has 1 saturated carbocycles. The van der Waals surface area contributed by atoms with Gasteiger partial charge in [0.15, 0.2) is 5.78 Å². The summed E-state index contributed by atoms with van der Waals surface area (Å²) in [6, 6.07) is 0. The second kappa shape index (κ2) is 4.51. The van der Waals surface area contributed by atoms with Crippen molar-refractivity contribution in [2.75, 3.05) is 0 Å². The number of Topliss-reactive ketones (excluding diaryl/α,β-unsaturated/α-hetero) is 1. The molecular weight excluding hydrogens is 184 g/mol. The smallest absolute Gasteiger partial charge is 0.159 e. The van der Waals surface area contributed by atoms with Crippen molar-refractivity contribution in [3.63, 3.8) is 0 Å². The molecule has 1 aliphatic carbocycles. The van der Waals surface area contributed by atoms with Gasteiger partial charge in [-0.1, -0.05) is 40.2 Å². The summed E-state index contributed by atoms with van der Waals surface area (Å²) in [7, 11) is 0. The van der Waals surface area contributed by atoms with E-state index >= 15 is 0 Å². The van der Waals surface area contributed by atoms with Crippen LogP contribution in [0.1, 0.15) is 53.9 Å². The van der Waals surface area contributed by atoms with Crippen molar-refractivity contribution in [1.82, 2.24) is 0 Å². The first kappa shape index (κ1) is 12.5. The summed E-state index contributed by atoms with van der Waals surface area (Å²) in [5.74, 6) is 1.58. The van der Waals surface area contributed by atoms with Crippen LogP contribution in [0, 0.1) is 17.3 Å². The maximum Gasteiger partial charge on any atom is 0.159 e. The summed E-state index contributed by atoms with van der Waals surface area (Å²) in [6.45, 7) is 11.0. The molecule has 1 fully saturated rings. The SMILES string of the molecule is CC=C1C(=O)CC(C(C)CC)C1(C)CC. The van der Waals surface area contributed by atoms with Gasteiger partial charge < -0.3 is 0 Å². The fourth-order valence-electron chi connectivity index (χ4n) is 3.11. The molecule has 0 aromatic heterocycles. The normalized spacial score (nSPS) is 36.2. The van der Waals surface area contributed by atoms with Gasteiger partial charge in [0.05, 0.1) is 0 Å². The topological polar surface area (TPSA) is 17.1 Å². The molecule has 3 unspecified atom stereocenters. The van der Waals surface area contributed by atoms with Crippen molar-refractivity contribution in [2.45, 2.75) is 53.9 Å². The summed E-state index contributed by atoms with van der Waals surface area (Å²) in [4.78, 5) is 11.9. The minimum absolute atomic E-state index is 0.126. The standard InChI is InChI=1S/C14H24O/c1-6-10(4)12-9-13(15)11(7-2)14(12,5)8-3/h7,10,12H,6,8-9H2,1-5H3. The Kier molecular flexibility index (Phi) is 3.75. The Balaban J connectivity index is 3.07.